The van der Waals surface area contributed by atoms with Gasteiger partial charge in [0.25, 0.3) is 0 Å². The molecule has 0 aliphatic carbocycles. The minimum Gasteiger partial charge on any atom is -0.466 e. The molecular formula is C11H20O2. The molecule has 0 heterocycles. The number of carbonyl (C=O) groups excluding carboxylic acids is 1. The Morgan fingerprint density at radius 3 is 2.54 bits per heavy atom. The van der Waals surface area contributed by atoms with Gasteiger partial charge in [0.05, 0.1) is 6.61 Å². The lowest BCUT2D eigenvalue weighted by molar-refractivity contribution is -0.142. The maximum Gasteiger partial charge on any atom is 0.306 e. The van der Waals surface area contributed by atoms with Crippen molar-refractivity contribution in [2.24, 2.45) is 0 Å². The molecule has 0 aliphatic rings. The molecule has 0 radical (unpaired) electrons. The highest BCUT2D eigenvalue weighted by Crippen LogP contribution is 1.99. The van der Waals surface area contributed by atoms with Gasteiger partial charge < -0.3 is 4.74 Å². The van der Waals surface area contributed by atoms with E-state index in [0.29, 0.717) is 13.0 Å². The molecule has 2 nitrogen and oxygen atoms in total. The van der Waals surface area contributed by atoms with Crippen molar-refractivity contribution in [3.05, 3.63) is 12.2 Å². The van der Waals surface area contributed by atoms with Gasteiger partial charge in [0.2, 0.25) is 0 Å². The lowest BCUT2D eigenvalue weighted by Gasteiger charge is -1.97. The smallest absolute Gasteiger partial charge is 0.306 e. The van der Waals surface area contributed by atoms with Crippen molar-refractivity contribution >= 4 is 5.97 Å². The van der Waals surface area contributed by atoms with E-state index in [1.807, 2.05) is 6.92 Å². The zero-order valence-corrected chi connectivity index (χ0v) is 8.71. The van der Waals surface area contributed by atoms with Gasteiger partial charge in [-0.1, -0.05) is 31.9 Å². The summed E-state index contributed by atoms with van der Waals surface area (Å²) in [6.07, 6.45) is 9.10. The Hall–Kier alpha value is -0.790. The van der Waals surface area contributed by atoms with Crippen LogP contribution in [0.5, 0.6) is 0 Å². The van der Waals surface area contributed by atoms with Crippen LogP contribution in [0.4, 0.5) is 0 Å². The zero-order chi connectivity index (χ0) is 9.94. The number of rotatable bonds is 7. The molecule has 0 rings (SSSR count). The van der Waals surface area contributed by atoms with Gasteiger partial charge in [0, 0.05) is 6.42 Å². The Balaban J connectivity index is 3.23. The third-order valence-corrected chi connectivity index (χ3v) is 1.71. The molecule has 0 aromatic heterocycles. The first-order valence-corrected chi connectivity index (χ1v) is 5.11. The summed E-state index contributed by atoms with van der Waals surface area (Å²) in [7, 11) is 0. The largest absolute Gasteiger partial charge is 0.466 e. The number of hydrogen-bond donors (Lipinski definition) is 0. The van der Waals surface area contributed by atoms with Crippen molar-refractivity contribution in [2.45, 2.75) is 46.0 Å². The number of ether oxygens (including phenoxy) is 1. The van der Waals surface area contributed by atoms with Crippen molar-refractivity contribution in [3.63, 3.8) is 0 Å². The van der Waals surface area contributed by atoms with Gasteiger partial charge in [-0.3, -0.25) is 4.79 Å². The second-order valence-electron chi connectivity index (χ2n) is 2.96. The van der Waals surface area contributed by atoms with E-state index in [1.54, 1.807) is 0 Å². The third kappa shape index (κ3) is 9.12. The molecule has 0 bridgehead atoms. The van der Waals surface area contributed by atoms with Crippen molar-refractivity contribution in [1.82, 2.24) is 0 Å². The molecule has 13 heavy (non-hydrogen) atoms. The molecule has 76 valence electrons. The van der Waals surface area contributed by atoms with Crippen molar-refractivity contribution < 1.29 is 9.53 Å². The molecule has 0 spiro atoms. The van der Waals surface area contributed by atoms with Gasteiger partial charge in [-0.2, -0.15) is 0 Å². The van der Waals surface area contributed by atoms with Gasteiger partial charge >= 0.3 is 5.97 Å². The SMILES string of the molecule is CCCCC=CCCC(=O)OCC. The van der Waals surface area contributed by atoms with Gasteiger partial charge in [0.15, 0.2) is 0 Å². The van der Waals surface area contributed by atoms with Crippen LogP contribution in [0.15, 0.2) is 12.2 Å². The quantitative estimate of drug-likeness (QED) is 0.345. The summed E-state index contributed by atoms with van der Waals surface area (Å²) in [5.41, 5.74) is 0. The molecule has 0 aliphatic heterocycles. The van der Waals surface area contributed by atoms with Crippen molar-refractivity contribution in [1.29, 1.82) is 0 Å². The third-order valence-electron chi connectivity index (χ3n) is 1.71. The number of esters is 1. The Labute approximate surface area is 81.0 Å². The minimum absolute atomic E-state index is 0.0948. The molecule has 0 fully saturated rings. The van der Waals surface area contributed by atoms with E-state index in [1.165, 1.54) is 12.8 Å². The summed E-state index contributed by atoms with van der Waals surface area (Å²) in [6, 6.07) is 0. The highest BCUT2D eigenvalue weighted by atomic mass is 16.5. The number of carbonyl (C=O) groups is 1. The molecule has 0 atom stereocenters. The van der Waals surface area contributed by atoms with Crippen LogP contribution in [0, 0.1) is 0 Å². The van der Waals surface area contributed by atoms with Crippen LogP contribution >= 0.6 is 0 Å². The van der Waals surface area contributed by atoms with Crippen LogP contribution < -0.4 is 0 Å². The molecule has 0 amide bonds. The van der Waals surface area contributed by atoms with E-state index in [9.17, 15) is 4.79 Å². The molecule has 0 aromatic rings. The Morgan fingerprint density at radius 1 is 1.23 bits per heavy atom. The van der Waals surface area contributed by atoms with Crippen molar-refractivity contribution in [2.75, 3.05) is 6.61 Å². The first kappa shape index (κ1) is 12.2. The van der Waals surface area contributed by atoms with Gasteiger partial charge in [-0.25, -0.2) is 0 Å². The van der Waals surface area contributed by atoms with Gasteiger partial charge in [-0.05, 0) is 19.8 Å². The molecular weight excluding hydrogens is 164 g/mol. The summed E-state index contributed by atoms with van der Waals surface area (Å²) < 4.78 is 4.80. The van der Waals surface area contributed by atoms with Crippen LogP contribution in [-0.2, 0) is 9.53 Å². The van der Waals surface area contributed by atoms with Crippen LogP contribution in [-0.4, -0.2) is 12.6 Å². The van der Waals surface area contributed by atoms with Crippen LogP contribution in [0.25, 0.3) is 0 Å². The molecule has 2 heteroatoms. The maximum atomic E-state index is 10.9. The molecule has 0 saturated heterocycles. The summed E-state index contributed by atoms with van der Waals surface area (Å²) in [6.45, 7) is 4.49. The fourth-order valence-electron chi connectivity index (χ4n) is 0.992. The Morgan fingerprint density at radius 2 is 1.92 bits per heavy atom. The van der Waals surface area contributed by atoms with E-state index in [2.05, 4.69) is 19.1 Å². The minimum atomic E-state index is -0.0948. The molecule has 0 saturated carbocycles. The maximum absolute atomic E-state index is 10.9. The molecule has 0 aromatic carbocycles. The monoisotopic (exact) mass is 184 g/mol. The summed E-state index contributed by atoms with van der Waals surface area (Å²) in [4.78, 5) is 10.9. The van der Waals surface area contributed by atoms with E-state index in [-0.39, 0.29) is 5.97 Å². The summed E-state index contributed by atoms with van der Waals surface area (Å²) in [5.74, 6) is -0.0948. The van der Waals surface area contributed by atoms with Gasteiger partial charge in [-0.15, -0.1) is 0 Å². The van der Waals surface area contributed by atoms with E-state index < -0.39 is 0 Å². The predicted molar refractivity (Wildman–Crippen MR) is 54.5 cm³/mol. The van der Waals surface area contributed by atoms with E-state index in [0.717, 1.165) is 12.8 Å². The number of allylic oxidation sites excluding steroid dienone is 2. The highest BCUT2D eigenvalue weighted by molar-refractivity contribution is 5.69. The average Bonchev–Trinajstić information content (AvgIpc) is 2.11. The molecule has 0 unspecified atom stereocenters. The fourth-order valence-corrected chi connectivity index (χ4v) is 0.992. The highest BCUT2D eigenvalue weighted by Gasteiger charge is 1.97. The topological polar surface area (TPSA) is 26.3 Å². The number of unbranched alkanes of at least 4 members (excludes halogenated alkanes) is 2. The van der Waals surface area contributed by atoms with Crippen LogP contribution in [0.2, 0.25) is 0 Å². The fraction of sp³-hybridized carbons (Fsp3) is 0.727. The summed E-state index contributed by atoms with van der Waals surface area (Å²) in [5, 5.41) is 0. The van der Waals surface area contributed by atoms with Gasteiger partial charge in [0.1, 0.15) is 0 Å². The van der Waals surface area contributed by atoms with Crippen LogP contribution in [0.3, 0.4) is 0 Å². The van der Waals surface area contributed by atoms with Crippen molar-refractivity contribution in [3.8, 4) is 0 Å². The van der Waals surface area contributed by atoms with E-state index in [4.69, 9.17) is 4.74 Å². The molecule has 0 N–H and O–H groups in total. The Bertz CT molecular complexity index is 150. The van der Waals surface area contributed by atoms with Crippen LogP contribution in [0.1, 0.15) is 46.0 Å². The normalized spacial score (nSPS) is 10.6. The lowest BCUT2D eigenvalue weighted by atomic mass is 10.2. The first-order valence-electron chi connectivity index (χ1n) is 5.11. The Kier molecular flexibility index (Phi) is 8.73. The predicted octanol–water partition coefficient (Wildman–Crippen LogP) is 3.08. The number of hydrogen-bond acceptors (Lipinski definition) is 2. The average molecular weight is 184 g/mol. The second-order valence-corrected chi connectivity index (χ2v) is 2.96. The second kappa shape index (κ2) is 9.30. The zero-order valence-electron chi connectivity index (χ0n) is 8.71. The first-order chi connectivity index (χ1) is 6.31. The van der Waals surface area contributed by atoms with E-state index >= 15 is 0 Å². The lowest BCUT2D eigenvalue weighted by Crippen LogP contribution is -2.02. The summed E-state index contributed by atoms with van der Waals surface area (Å²) >= 11 is 0. The standard InChI is InChI=1S/C11H20O2/c1-3-5-6-7-8-9-10-11(12)13-4-2/h7-8H,3-6,9-10H2,1-2H3.